The first-order chi connectivity index (χ1) is 15.5. The second-order valence-electron chi connectivity index (χ2n) is 6.77. The lowest BCUT2D eigenvalue weighted by molar-refractivity contribution is 0.0946. The third-order valence-corrected chi connectivity index (χ3v) is 7.01. The predicted octanol–water partition coefficient (Wildman–Crippen LogP) is 4.53. The van der Waals surface area contributed by atoms with Crippen LogP contribution in [-0.2, 0) is 6.54 Å². The van der Waals surface area contributed by atoms with Gasteiger partial charge in [-0.25, -0.2) is 4.98 Å². The number of amides is 1. The molecule has 1 aromatic carbocycles. The molecule has 0 saturated carbocycles. The third-order valence-electron chi connectivity index (χ3n) is 4.82. The Balaban J connectivity index is 1.49. The van der Waals surface area contributed by atoms with Crippen LogP contribution in [0.4, 0.5) is 0 Å². The van der Waals surface area contributed by atoms with Gasteiger partial charge in [0.15, 0.2) is 11.5 Å². The second kappa shape index (κ2) is 9.41. The monoisotopic (exact) mass is 470 g/mol. The standard InChI is InChI=1S/C22H22N4O4S2/c1-12-19(32-22(24-12)18-6-5-7-31-18)11-23-21(27)15-10-14(25-26-15)13-8-16(28-2)20(30-4)17(9-13)29-3/h5-10H,11H2,1-4H3,(H,23,27)(H,25,26). The van der Waals surface area contributed by atoms with Crippen molar-refractivity contribution in [2.75, 3.05) is 21.3 Å². The van der Waals surface area contributed by atoms with Crippen LogP contribution in [0.15, 0.2) is 35.7 Å². The number of aromatic amines is 1. The van der Waals surface area contributed by atoms with Crippen LogP contribution in [-0.4, -0.2) is 42.4 Å². The van der Waals surface area contributed by atoms with E-state index in [-0.39, 0.29) is 5.91 Å². The van der Waals surface area contributed by atoms with Gasteiger partial charge in [0.25, 0.3) is 5.91 Å². The number of thiophene rings is 1. The quantitative estimate of drug-likeness (QED) is 0.393. The number of aromatic nitrogens is 3. The summed E-state index contributed by atoms with van der Waals surface area (Å²) in [7, 11) is 4.65. The molecule has 166 valence electrons. The van der Waals surface area contributed by atoms with E-state index in [0.717, 1.165) is 26.0 Å². The van der Waals surface area contributed by atoms with Gasteiger partial charge in [-0.1, -0.05) is 6.07 Å². The Morgan fingerprint density at radius 3 is 2.50 bits per heavy atom. The van der Waals surface area contributed by atoms with Crippen LogP contribution in [0.5, 0.6) is 17.2 Å². The van der Waals surface area contributed by atoms with Gasteiger partial charge in [0.1, 0.15) is 10.7 Å². The van der Waals surface area contributed by atoms with Gasteiger partial charge in [0.05, 0.1) is 44.1 Å². The molecule has 0 radical (unpaired) electrons. The fourth-order valence-electron chi connectivity index (χ4n) is 3.17. The summed E-state index contributed by atoms with van der Waals surface area (Å²) >= 11 is 3.24. The molecule has 8 nitrogen and oxygen atoms in total. The molecule has 0 aliphatic heterocycles. The Morgan fingerprint density at radius 2 is 1.88 bits per heavy atom. The first kappa shape index (κ1) is 21.8. The van der Waals surface area contributed by atoms with Gasteiger partial charge >= 0.3 is 0 Å². The van der Waals surface area contributed by atoms with Crippen molar-refractivity contribution in [3.63, 3.8) is 0 Å². The van der Waals surface area contributed by atoms with E-state index in [4.69, 9.17) is 14.2 Å². The highest BCUT2D eigenvalue weighted by Crippen LogP contribution is 2.40. The third kappa shape index (κ3) is 4.32. The highest BCUT2D eigenvalue weighted by atomic mass is 32.1. The van der Waals surface area contributed by atoms with E-state index in [0.29, 0.717) is 35.2 Å². The number of benzene rings is 1. The van der Waals surface area contributed by atoms with Crippen molar-refractivity contribution < 1.29 is 19.0 Å². The second-order valence-corrected chi connectivity index (χ2v) is 8.80. The van der Waals surface area contributed by atoms with Crippen LogP contribution in [0.25, 0.3) is 21.1 Å². The number of hydrogen-bond donors (Lipinski definition) is 2. The van der Waals surface area contributed by atoms with Gasteiger partial charge < -0.3 is 19.5 Å². The number of H-pyrrole nitrogens is 1. The number of thiazole rings is 1. The molecule has 10 heteroatoms. The van der Waals surface area contributed by atoms with Gasteiger partial charge in [-0.2, -0.15) is 5.10 Å². The van der Waals surface area contributed by atoms with Crippen LogP contribution in [0.1, 0.15) is 21.1 Å². The molecule has 4 rings (SSSR count). The molecule has 0 bridgehead atoms. The molecule has 0 aliphatic rings. The molecule has 0 aliphatic carbocycles. The van der Waals surface area contributed by atoms with Crippen molar-refractivity contribution in [3.05, 3.63) is 52.0 Å². The lowest BCUT2D eigenvalue weighted by Crippen LogP contribution is -2.23. The minimum absolute atomic E-state index is 0.248. The number of hydrogen-bond acceptors (Lipinski definition) is 8. The minimum Gasteiger partial charge on any atom is -0.493 e. The predicted molar refractivity (Wildman–Crippen MR) is 125 cm³/mol. The van der Waals surface area contributed by atoms with Crippen LogP contribution < -0.4 is 19.5 Å². The maximum Gasteiger partial charge on any atom is 0.269 e. The summed E-state index contributed by atoms with van der Waals surface area (Å²) in [4.78, 5) is 19.5. The van der Waals surface area contributed by atoms with Crippen LogP contribution in [0.2, 0.25) is 0 Å². The molecule has 32 heavy (non-hydrogen) atoms. The van der Waals surface area contributed by atoms with Crippen molar-refractivity contribution in [3.8, 4) is 38.4 Å². The Bertz CT molecular complexity index is 1210. The number of rotatable bonds is 8. The van der Waals surface area contributed by atoms with E-state index in [9.17, 15) is 4.79 Å². The van der Waals surface area contributed by atoms with Crippen LogP contribution in [0.3, 0.4) is 0 Å². The van der Waals surface area contributed by atoms with Gasteiger partial charge in [-0.05, 0) is 36.6 Å². The summed E-state index contributed by atoms with van der Waals surface area (Å²) in [5, 5.41) is 13.0. The highest BCUT2D eigenvalue weighted by molar-refractivity contribution is 7.21. The molecule has 1 amide bonds. The average Bonchev–Trinajstić information content (AvgIpc) is 3.57. The Hall–Kier alpha value is -3.37. The van der Waals surface area contributed by atoms with Crippen LogP contribution >= 0.6 is 22.7 Å². The van der Waals surface area contributed by atoms with E-state index in [1.54, 1.807) is 62.2 Å². The van der Waals surface area contributed by atoms with Gasteiger partial charge in [-0.3, -0.25) is 9.89 Å². The number of carbonyl (C=O) groups excluding carboxylic acids is 1. The van der Waals surface area contributed by atoms with Crippen molar-refractivity contribution in [1.29, 1.82) is 0 Å². The maximum atomic E-state index is 12.7. The van der Waals surface area contributed by atoms with Crippen LogP contribution in [0, 0.1) is 6.92 Å². The lowest BCUT2D eigenvalue weighted by atomic mass is 10.1. The van der Waals surface area contributed by atoms with E-state index < -0.39 is 0 Å². The summed E-state index contributed by atoms with van der Waals surface area (Å²) in [5.74, 6) is 1.27. The van der Waals surface area contributed by atoms with Crippen molar-refractivity contribution >= 4 is 28.6 Å². The van der Waals surface area contributed by atoms with Crippen molar-refractivity contribution in [2.24, 2.45) is 0 Å². The summed E-state index contributed by atoms with van der Waals surface area (Å²) in [6.45, 7) is 2.35. The highest BCUT2D eigenvalue weighted by Gasteiger charge is 2.18. The average molecular weight is 471 g/mol. The SMILES string of the molecule is COc1cc(-c2cc(C(=O)NCc3sc(-c4cccs4)nc3C)[nH]n2)cc(OC)c1OC. The fourth-order valence-corrected chi connectivity index (χ4v) is 4.97. The number of nitrogens with one attached hydrogen (secondary N) is 2. The molecule has 3 aromatic heterocycles. The first-order valence-electron chi connectivity index (χ1n) is 9.68. The summed E-state index contributed by atoms with van der Waals surface area (Å²) in [6, 6.07) is 9.30. The molecule has 0 fully saturated rings. The molecule has 4 aromatic rings. The summed E-state index contributed by atoms with van der Waals surface area (Å²) < 4.78 is 16.1. The number of methoxy groups -OCH3 is 3. The zero-order valence-electron chi connectivity index (χ0n) is 18.0. The molecule has 3 heterocycles. The normalized spacial score (nSPS) is 10.8. The molecule has 0 unspecified atom stereocenters. The summed E-state index contributed by atoms with van der Waals surface area (Å²) in [5.41, 5.74) is 2.59. The summed E-state index contributed by atoms with van der Waals surface area (Å²) in [6.07, 6.45) is 0. The maximum absolute atomic E-state index is 12.7. The van der Waals surface area contributed by atoms with E-state index in [1.165, 1.54) is 0 Å². The van der Waals surface area contributed by atoms with Crippen molar-refractivity contribution in [1.82, 2.24) is 20.5 Å². The topological polar surface area (TPSA) is 98.4 Å². The number of carbonyl (C=O) groups is 1. The largest absolute Gasteiger partial charge is 0.493 e. The van der Waals surface area contributed by atoms with E-state index in [2.05, 4.69) is 20.5 Å². The van der Waals surface area contributed by atoms with Gasteiger partial charge in [-0.15, -0.1) is 22.7 Å². The smallest absolute Gasteiger partial charge is 0.269 e. The Morgan fingerprint density at radius 1 is 1.12 bits per heavy atom. The molecule has 2 N–H and O–H groups in total. The zero-order valence-corrected chi connectivity index (χ0v) is 19.6. The fraction of sp³-hybridized carbons (Fsp3) is 0.227. The molecule has 0 saturated heterocycles. The molecular formula is C22H22N4O4S2. The Kier molecular flexibility index (Phi) is 6.42. The number of ether oxygens (including phenoxy) is 3. The molecule has 0 spiro atoms. The van der Waals surface area contributed by atoms with Gasteiger partial charge in [0, 0.05) is 10.4 Å². The lowest BCUT2D eigenvalue weighted by Gasteiger charge is -2.13. The minimum atomic E-state index is -0.248. The van der Waals surface area contributed by atoms with Crippen molar-refractivity contribution in [2.45, 2.75) is 13.5 Å². The van der Waals surface area contributed by atoms with Gasteiger partial charge in [0.2, 0.25) is 5.75 Å². The van der Waals surface area contributed by atoms with E-state index in [1.807, 2.05) is 24.4 Å². The molecular weight excluding hydrogens is 448 g/mol. The first-order valence-corrected chi connectivity index (χ1v) is 11.4. The molecule has 0 atom stereocenters. The van der Waals surface area contributed by atoms with E-state index >= 15 is 0 Å². The Labute approximate surface area is 193 Å². The zero-order chi connectivity index (χ0) is 22.7. The number of aryl methyl sites for hydroxylation is 1. The number of nitrogens with zero attached hydrogens (tertiary/aromatic N) is 2.